The molecule has 0 saturated carbocycles. The molecule has 0 aliphatic carbocycles. The number of nitrogens with two attached hydrogens (primary N) is 1. The second-order valence-corrected chi connectivity index (χ2v) is 7.67. The Balaban J connectivity index is 2.24. The summed E-state index contributed by atoms with van der Waals surface area (Å²) in [6.07, 6.45) is 0.899. The minimum absolute atomic E-state index is 0.376. The highest BCUT2D eigenvalue weighted by atomic mass is 35.5. The predicted octanol–water partition coefficient (Wildman–Crippen LogP) is 4.22. The highest BCUT2D eigenvalue weighted by Crippen LogP contribution is 2.31. The number of halogens is 1. The summed E-state index contributed by atoms with van der Waals surface area (Å²) in [7, 11) is 0. The maximum absolute atomic E-state index is 12.3. The first-order valence-corrected chi connectivity index (χ1v) is 8.89. The lowest BCUT2D eigenvalue weighted by Gasteiger charge is -2.21. The fourth-order valence-corrected chi connectivity index (χ4v) is 2.91. The summed E-state index contributed by atoms with van der Waals surface area (Å²) in [5, 5.41) is 1.53. The van der Waals surface area contributed by atoms with E-state index in [9.17, 15) is 9.59 Å². The largest absolute Gasteiger partial charge is 0.516 e. The molecule has 0 fully saturated rings. The van der Waals surface area contributed by atoms with Crippen molar-refractivity contribution in [2.45, 2.75) is 58.7 Å². The molecule has 142 valence electrons. The monoisotopic (exact) mass is 380 g/mol. The van der Waals surface area contributed by atoms with Crippen molar-refractivity contribution in [1.82, 2.24) is 4.57 Å². The number of ether oxygens (including phenoxy) is 2. The average Bonchev–Trinajstić information content (AvgIpc) is 2.89. The van der Waals surface area contributed by atoms with Gasteiger partial charge in [-0.1, -0.05) is 18.5 Å². The van der Waals surface area contributed by atoms with Gasteiger partial charge in [0.25, 0.3) is 0 Å². The first kappa shape index (κ1) is 20.3. The van der Waals surface area contributed by atoms with E-state index in [0.29, 0.717) is 5.02 Å². The number of carbonyl (C=O) groups is 2. The molecule has 0 radical (unpaired) electrons. The van der Waals surface area contributed by atoms with Crippen molar-refractivity contribution >= 4 is 34.6 Å². The van der Waals surface area contributed by atoms with Gasteiger partial charge in [0, 0.05) is 34.6 Å². The van der Waals surface area contributed by atoms with Crippen LogP contribution in [0.15, 0.2) is 24.4 Å². The third kappa shape index (κ3) is 4.56. The Morgan fingerprint density at radius 1 is 1.31 bits per heavy atom. The van der Waals surface area contributed by atoms with Gasteiger partial charge in [-0.25, -0.2) is 9.59 Å². The summed E-state index contributed by atoms with van der Waals surface area (Å²) in [6.45, 7) is 9.66. The molecule has 1 aromatic heterocycles. The number of nitrogens with zero attached hydrogens (tertiary/aromatic N) is 1. The van der Waals surface area contributed by atoms with Crippen molar-refractivity contribution in [3.05, 3.63) is 35.0 Å². The van der Waals surface area contributed by atoms with Crippen molar-refractivity contribution in [3.63, 3.8) is 0 Å². The predicted molar refractivity (Wildman–Crippen MR) is 101 cm³/mol. The van der Waals surface area contributed by atoms with Crippen LogP contribution in [0, 0.1) is 0 Å². The molecule has 0 aliphatic rings. The molecule has 0 spiro atoms. The van der Waals surface area contributed by atoms with Crippen molar-refractivity contribution in [3.8, 4) is 0 Å². The van der Waals surface area contributed by atoms with Gasteiger partial charge in [-0.2, -0.15) is 0 Å². The fraction of sp³-hybridized carbons (Fsp3) is 0.474. The van der Waals surface area contributed by atoms with Crippen LogP contribution in [0.2, 0.25) is 5.02 Å². The van der Waals surface area contributed by atoms with Gasteiger partial charge < -0.3 is 19.8 Å². The van der Waals surface area contributed by atoms with Gasteiger partial charge in [0.15, 0.2) is 0 Å². The molecule has 0 bridgehead atoms. The SMILES string of the molecule is CCn1cc(C(C)[C@H](N)C(=O)OC(=O)OC(C)(C)C)c2cc(Cl)ccc21. The molecular formula is C19H25ClN2O4. The van der Waals surface area contributed by atoms with Crippen LogP contribution in [-0.2, 0) is 20.8 Å². The minimum atomic E-state index is -1.05. The molecule has 7 heteroatoms. The van der Waals surface area contributed by atoms with Crippen molar-refractivity contribution in [2.75, 3.05) is 0 Å². The highest BCUT2D eigenvalue weighted by molar-refractivity contribution is 6.31. The number of aromatic nitrogens is 1. The maximum Gasteiger partial charge on any atom is 0.516 e. The molecule has 0 saturated heterocycles. The molecule has 2 rings (SSSR count). The molecule has 2 atom stereocenters. The zero-order valence-corrected chi connectivity index (χ0v) is 16.5. The van der Waals surface area contributed by atoms with Crippen LogP contribution in [-0.4, -0.2) is 28.3 Å². The van der Waals surface area contributed by atoms with Crippen LogP contribution in [0.3, 0.4) is 0 Å². The number of aryl methyl sites for hydroxylation is 1. The Morgan fingerprint density at radius 2 is 1.96 bits per heavy atom. The first-order valence-electron chi connectivity index (χ1n) is 8.52. The van der Waals surface area contributed by atoms with E-state index in [-0.39, 0.29) is 5.92 Å². The molecule has 6 nitrogen and oxygen atoms in total. The van der Waals surface area contributed by atoms with Gasteiger partial charge in [-0.15, -0.1) is 0 Å². The number of esters is 1. The van der Waals surface area contributed by atoms with Gasteiger partial charge in [-0.3, -0.25) is 0 Å². The van der Waals surface area contributed by atoms with Crippen LogP contribution in [0.5, 0.6) is 0 Å². The summed E-state index contributed by atoms with van der Waals surface area (Å²) >= 11 is 6.13. The van der Waals surface area contributed by atoms with Crippen LogP contribution in [0.25, 0.3) is 10.9 Å². The van der Waals surface area contributed by atoms with Crippen molar-refractivity contribution in [1.29, 1.82) is 0 Å². The van der Waals surface area contributed by atoms with E-state index >= 15 is 0 Å². The Hall–Kier alpha value is -2.05. The number of carbonyl (C=O) groups excluding carboxylic acids is 2. The smallest absolute Gasteiger partial charge is 0.428 e. The molecule has 2 aromatic rings. The van der Waals surface area contributed by atoms with Crippen LogP contribution < -0.4 is 5.73 Å². The van der Waals surface area contributed by atoms with Crippen molar-refractivity contribution in [2.24, 2.45) is 5.73 Å². The summed E-state index contributed by atoms with van der Waals surface area (Å²) in [6, 6.07) is 4.58. The van der Waals surface area contributed by atoms with Gasteiger partial charge in [0.1, 0.15) is 11.6 Å². The molecule has 0 aliphatic heterocycles. The number of rotatable bonds is 4. The summed E-state index contributed by atoms with van der Waals surface area (Å²) in [5.41, 5.74) is 7.19. The normalized spacial score (nSPS) is 14.1. The van der Waals surface area contributed by atoms with Gasteiger partial charge in [0.2, 0.25) is 0 Å². The lowest BCUT2D eigenvalue weighted by Crippen LogP contribution is -2.39. The van der Waals surface area contributed by atoms with Crippen LogP contribution in [0.4, 0.5) is 4.79 Å². The Morgan fingerprint density at radius 3 is 2.54 bits per heavy atom. The van der Waals surface area contributed by atoms with Crippen LogP contribution in [0.1, 0.15) is 46.1 Å². The Labute approximate surface area is 158 Å². The van der Waals surface area contributed by atoms with Crippen molar-refractivity contribution < 1.29 is 19.1 Å². The summed E-state index contributed by atoms with van der Waals surface area (Å²) in [4.78, 5) is 24.0. The maximum atomic E-state index is 12.3. The third-order valence-electron chi connectivity index (χ3n) is 4.09. The van der Waals surface area contributed by atoms with Gasteiger partial charge >= 0.3 is 12.1 Å². The third-order valence-corrected chi connectivity index (χ3v) is 4.32. The number of fused-ring (bicyclic) bond motifs is 1. The second kappa shape index (κ2) is 7.68. The first-order chi connectivity index (χ1) is 12.0. The van der Waals surface area contributed by atoms with E-state index in [2.05, 4.69) is 4.57 Å². The van der Waals surface area contributed by atoms with E-state index in [4.69, 9.17) is 26.8 Å². The van der Waals surface area contributed by atoms with E-state index in [1.165, 1.54) is 0 Å². The molecule has 1 aromatic carbocycles. The number of hydrogen-bond donors (Lipinski definition) is 1. The van der Waals surface area contributed by atoms with Gasteiger partial charge in [-0.05, 0) is 51.5 Å². The van der Waals surface area contributed by atoms with E-state index < -0.39 is 23.8 Å². The highest BCUT2D eigenvalue weighted by Gasteiger charge is 2.30. The molecular weight excluding hydrogens is 356 g/mol. The lowest BCUT2D eigenvalue weighted by molar-refractivity contribution is -0.143. The van der Waals surface area contributed by atoms with Crippen LogP contribution >= 0.6 is 11.6 Å². The molecule has 1 heterocycles. The molecule has 1 unspecified atom stereocenters. The molecule has 2 N–H and O–H groups in total. The average molecular weight is 381 g/mol. The summed E-state index contributed by atoms with van der Waals surface area (Å²) < 4.78 is 11.8. The standard InChI is InChI=1S/C19H25ClN2O4/c1-6-22-10-14(13-9-12(20)7-8-15(13)22)11(2)16(21)17(23)25-18(24)26-19(3,4)5/h7-11,16H,6,21H2,1-5H3/t11?,16-/m0/s1. The van der Waals surface area contributed by atoms with Gasteiger partial charge in [0.05, 0.1) is 0 Å². The lowest BCUT2D eigenvalue weighted by atomic mass is 9.93. The summed E-state index contributed by atoms with van der Waals surface area (Å²) in [5.74, 6) is -1.20. The molecule has 26 heavy (non-hydrogen) atoms. The van der Waals surface area contributed by atoms with E-state index in [1.807, 2.05) is 38.2 Å². The minimum Gasteiger partial charge on any atom is -0.428 e. The fourth-order valence-electron chi connectivity index (χ4n) is 2.74. The van der Waals surface area contributed by atoms with E-state index in [1.54, 1.807) is 20.8 Å². The number of hydrogen-bond acceptors (Lipinski definition) is 5. The Bertz CT molecular complexity index is 823. The topological polar surface area (TPSA) is 83.5 Å². The quantitative estimate of drug-likeness (QED) is 0.634. The zero-order chi connectivity index (χ0) is 19.6. The molecule has 0 amide bonds. The Kier molecular flexibility index (Phi) is 5.98. The second-order valence-electron chi connectivity index (χ2n) is 7.23. The van der Waals surface area contributed by atoms with E-state index in [0.717, 1.165) is 23.0 Å². The zero-order valence-electron chi connectivity index (χ0n) is 15.7. The number of benzene rings is 1.